The predicted molar refractivity (Wildman–Crippen MR) is 89.9 cm³/mol. The van der Waals surface area contributed by atoms with Gasteiger partial charge in [0, 0.05) is 25.6 Å². The molecule has 2 rings (SSSR count). The standard InChI is InChI=1S/C15H19F3N2O5S2/c1-2-14(21)19-11-6-5-9-20(10-11)27(24,25)13-8-4-3-7-12(13)26(22,23)15(16,17)18/h3-4,7-8,11H,2,5-6,9-10H2,1H3,(H,19,21). The first-order valence-electron chi connectivity index (χ1n) is 8.11. The maximum Gasteiger partial charge on any atom is 0.501 e. The number of nitrogens with zero attached hydrogens (tertiary/aromatic N) is 1. The normalized spacial score (nSPS) is 19.6. The van der Waals surface area contributed by atoms with Crippen molar-refractivity contribution in [2.75, 3.05) is 13.1 Å². The summed E-state index contributed by atoms with van der Waals surface area (Å²) in [5.74, 6) is -0.278. The van der Waals surface area contributed by atoms with Crippen LogP contribution in [0.2, 0.25) is 0 Å². The lowest BCUT2D eigenvalue weighted by atomic mass is 10.1. The highest BCUT2D eigenvalue weighted by Gasteiger charge is 2.49. The van der Waals surface area contributed by atoms with Crippen LogP contribution in [0, 0.1) is 0 Å². The van der Waals surface area contributed by atoms with Gasteiger partial charge >= 0.3 is 5.51 Å². The number of halogens is 3. The van der Waals surface area contributed by atoms with Gasteiger partial charge in [0.2, 0.25) is 15.9 Å². The Morgan fingerprint density at radius 2 is 1.78 bits per heavy atom. The van der Waals surface area contributed by atoms with Crippen molar-refractivity contribution in [3.8, 4) is 0 Å². The largest absolute Gasteiger partial charge is 0.501 e. The van der Waals surface area contributed by atoms with E-state index >= 15 is 0 Å². The Kier molecular flexibility index (Phi) is 6.22. The average molecular weight is 428 g/mol. The van der Waals surface area contributed by atoms with E-state index in [0.717, 1.165) is 22.5 Å². The SMILES string of the molecule is CCC(=O)NC1CCCN(S(=O)(=O)c2ccccc2S(=O)(=O)C(F)(F)F)C1. The summed E-state index contributed by atoms with van der Waals surface area (Å²) in [5.41, 5.74) is -5.63. The monoisotopic (exact) mass is 428 g/mol. The molecule has 1 heterocycles. The first-order valence-corrected chi connectivity index (χ1v) is 11.0. The topological polar surface area (TPSA) is 101 Å². The second-order valence-corrected chi connectivity index (χ2v) is 9.84. The quantitative estimate of drug-likeness (QED) is 0.769. The van der Waals surface area contributed by atoms with Crippen LogP contribution in [-0.2, 0) is 24.7 Å². The third-order valence-corrected chi connectivity index (χ3v) is 7.73. The minimum Gasteiger partial charge on any atom is -0.352 e. The summed E-state index contributed by atoms with van der Waals surface area (Å²) in [5, 5.41) is 2.65. The first-order chi connectivity index (χ1) is 12.4. The van der Waals surface area contributed by atoms with E-state index in [2.05, 4.69) is 5.32 Å². The Morgan fingerprint density at radius 1 is 1.19 bits per heavy atom. The summed E-state index contributed by atoms with van der Waals surface area (Å²) in [7, 11) is -10.3. The molecule has 1 atom stereocenters. The number of alkyl halides is 3. The number of amides is 1. The number of hydrogen-bond acceptors (Lipinski definition) is 5. The highest BCUT2D eigenvalue weighted by atomic mass is 32.2. The molecule has 27 heavy (non-hydrogen) atoms. The number of hydrogen-bond donors (Lipinski definition) is 1. The number of nitrogens with one attached hydrogen (secondary N) is 1. The van der Waals surface area contributed by atoms with Crippen LogP contribution in [0.4, 0.5) is 13.2 Å². The molecule has 7 nitrogen and oxygen atoms in total. The van der Waals surface area contributed by atoms with Gasteiger partial charge in [0.1, 0.15) is 4.90 Å². The van der Waals surface area contributed by atoms with Gasteiger partial charge in [-0.1, -0.05) is 19.1 Å². The number of benzene rings is 1. The molecule has 0 aromatic heterocycles. The molecule has 0 radical (unpaired) electrons. The van der Waals surface area contributed by atoms with Crippen LogP contribution in [0.3, 0.4) is 0 Å². The zero-order valence-electron chi connectivity index (χ0n) is 14.4. The summed E-state index contributed by atoms with van der Waals surface area (Å²) in [6.07, 6.45) is 1.10. The molecule has 1 aromatic rings. The van der Waals surface area contributed by atoms with E-state index in [1.165, 1.54) is 0 Å². The van der Waals surface area contributed by atoms with Crippen LogP contribution in [0.1, 0.15) is 26.2 Å². The molecule has 1 unspecified atom stereocenters. The van der Waals surface area contributed by atoms with Gasteiger partial charge in [0.05, 0.1) is 4.90 Å². The molecule has 0 saturated carbocycles. The fourth-order valence-corrected chi connectivity index (χ4v) is 5.84. The van der Waals surface area contributed by atoms with Crippen LogP contribution in [0.15, 0.2) is 34.1 Å². The van der Waals surface area contributed by atoms with E-state index in [4.69, 9.17) is 0 Å². The molecule has 1 aliphatic rings. The lowest BCUT2D eigenvalue weighted by molar-refractivity contribution is -0.121. The Labute approximate surface area is 155 Å². The molecule has 0 aliphatic carbocycles. The third-order valence-electron chi connectivity index (χ3n) is 4.13. The Balaban J connectivity index is 2.42. The van der Waals surface area contributed by atoms with Gasteiger partial charge < -0.3 is 5.32 Å². The second kappa shape index (κ2) is 7.76. The summed E-state index contributed by atoms with van der Waals surface area (Å²) in [6, 6.07) is 3.14. The lowest BCUT2D eigenvalue weighted by Crippen LogP contribution is -2.49. The molecule has 1 saturated heterocycles. The van der Waals surface area contributed by atoms with E-state index in [1.54, 1.807) is 6.92 Å². The van der Waals surface area contributed by atoms with E-state index in [1.807, 2.05) is 0 Å². The van der Waals surface area contributed by atoms with E-state index in [-0.39, 0.29) is 25.4 Å². The van der Waals surface area contributed by atoms with E-state index in [0.29, 0.717) is 18.9 Å². The van der Waals surface area contributed by atoms with Crippen LogP contribution in [0.5, 0.6) is 0 Å². The molecule has 0 spiro atoms. The van der Waals surface area contributed by atoms with E-state index in [9.17, 15) is 34.8 Å². The molecule has 1 aromatic carbocycles. The number of sulfone groups is 1. The van der Waals surface area contributed by atoms with Crippen molar-refractivity contribution < 1.29 is 34.8 Å². The minimum absolute atomic E-state index is 0.0151. The number of rotatable bonds is 5. The van der Waals surface area contributed by atoms with Gasteiger partial charge in [-0.15, -0.1) is 0 Å². The Morgan fingerprint density at radius 3 is 2.33 bits per heavy atom. The fourth-order valence-electron chi connectivity index (χ4n) is 2.76. The van der Waals surface area contributed by atoms with Crippen molar-refractivity contribution in [2.24, 2.45) is 0 Å². The smallest absolute Gasteiger partial charge is 0.352 e. The molecule has 1 fully saturated rings. The Hall–Kier alpha value is -1.66. The second-order valence-electron chi connectivity index (χ2n) is 6.02. The summed E-state index contributed by atoms with van der Waals surface area (Å²) < 4.78 is 89.0. The Bertz CT molecular complexity index is 914. The molecule has 0 bridgehead atoms. The van der Waals surface area contributed by atoms with Gasteiger partial charge in [-0.25, -0.2) is 16.8 Å². The number of piperidine rings is 1. The maximum atomic E-state index is 12.9. The van der Waals surface area contributed by atoms with Crippen LogP contribution in [0.25, 0.3) is 0 Å². The lowest BCUT2D eigenvalue weighted by Gasteiger charge is -2.32. The van der Waals surface area contributed by atoms with Crippen molar-refractivity contribution >= 4 is 25.8 Å². The van der Waals surface area contributed by atoms with Crippen LogP contribution in [-0.4, -0.2) is 51.7 Å². The van der Waals surface area contributed by atoms with Crippen molar-refractivity contribution in [2.45, 2.75) is 47.5 Å². The van der Waals surface area contributed by atoms with Crippen molar-refractivity contribution in [3.63, 3.8) is 0 Å². The molecular formula is C15H19F3N2O5S2. The van der Waals surface area contributed by atoms with Gasteiger partial charge in [-0.3, -0.25) is 4.79 Å². The van der Waals surface area contributed by atoms with E-state index < -0.39 is 41.2 Å². The highest BCUT2D eigenvalue weighted by molar-refractivity contribution is 7.94. The zero-order valence-corrected chi connectivity index (χ0v) is 16.0. The summed E-state index contributed by atoms with van der Waals surface area (Å²) >= 11 is 0. The maximum absolute atomic E-state index is 12.9. The molecule has 1 N–H and O–H groups in total. The summed E-state index contributed by atoms with van der Waals surface area (Å²) in [4.78, 5) is 9.28. The van der Waals surface area contributed by atoms with Gasteiger partial charge in [0.15, 0.2) is 0 Å². The van der Waals surface area contributed by atoms with Crippen molar-refractivity contribution in [3.05, 3.63) is 24.3 Å². The third kappa shape index (κ3) is 4.43. The molecule has 1 amide bonds. The fraction of sp³-hybridized carbons (Fsp3) is 0.533. The molecule has 152 valence electrons. The zero-order chi connectivity index (χ0) is 20.5. The predicted octanol–water partition coefficient (Wildman–Crippen LogP) is 1.66. The summed E-state index contributed by atoms with van der Waals surface area (Å²) in [6.45, 7) is 1.50. The van der Waals surface area contributed by atoms with Crippen LogP contribution >= 0.6 is 0 Å². The first kappa shape index (κ1) is 21.6. The van der Waals surface area contributed by atoms with Gasteiger partial charge in [-0.2, -0.15) is 17.5 Å². The number of carbonyl (C=O) groups is 1. The highest BCUT2D eigenvalue weighted by Crippen LogP contribution is 2.35. The van der Waals surface area contributed by atoms with Crippen molar-refractivity contribution in [1.29, 1.82) is 0 Å². The van der Waals surface area contributed by atoms with Gasteiger partial charge in [-0.05, 0) is 25.0 Å². The average Bonchev–Trinajstić information content (AvgIpc) is 2.61. The van der Waals surface area contributed by atoms with Crippen molar-refractivity contribution in [1.82, 2.24) is 9.62 Å². The molecular weight excluding hydrogens is 409 g/mol. The number of sulfonamides is 1. The number of carbonyl (C=O) groups excluding carboxylic acids is 1. The van der Waals surface area contributed by atoms with Crippen LogP contribution < -0.4 is 5.32 Å². The molecule has 1 aliphatic heterocycles. The molecule has 12 heteroatoms. The van der Waals surface area contributed by atoms with Gasteiger partial charge in [0.25, 0.3) is 9.84 Å². The minimum atomic E-state index is -5.84.